The van der Waals surface area contributed by atoms with Gasteiger partial charge >= 0.3 is 0 Å². The van der Waals surface area contributed by atoms with Crippen LogP contribution in [0.4, 0.5) is 5.69 Å². The standard InChI is InChI=1S/C20H27N5/c1-5-8-20-18(21-13-17-11-12-22-24(17)15(2)3)14-23-25(20)19-10-7-6-9-16(19)4/h6-7,9-12,14-15,21H,5,8,13H2,1-4H3. The van der Waals surface area contributed by atoms with Crippen LogP contribution in [0.2, 0.25) is 0 Å². The highest BCUT2D eigenvalue weighted by Gasteiger charge is 2.14. The second-order valence-electron chi connectivity index (χ2n) is 6.67. The van der Waals surface area contributed by atoms with Crippen molar-refractivity contribution in [2.24, 2.45) is 0 Å². The number of rotatable bonds is 7. The predicted octanol–water partition coefficient (Wildman–Crippen LogP) is 4.52. The molecule has 0 fully saturated rings. The molecule has 0 radical (unpaired) electrons. The Balaban J connectivity index is 1.87. The molecule has 0 spiro atoms. The molecule has 25 heavy (non-hydrogen) atoms. The molecule has 1 N–H and O–H groups in total. The fourth-order valence-corrected chi connectivity index (χ4v) is 3.14. The second kappa shape index (κ2) is 7.55. The molecule has 3 rings (SSSR count). The van der Waals surface area contributed by atoms with Gasteiger partial charge in [0.15, 0.2) is 0 Å². The zero-order chi connectivity index (χ0) is 17.8. The van der Waals surface area contributed by atoms with Gasteiger partial charge in [-0.05, 0) is 44.9 Å². The number of nitrogens with zero attached hydrogens (tertiary/aromatic N) is 4. The molecule has 5 heteroatoms. The number of hydrogen-bond acceptors (Lipinski definition) is 3. The minimum absolute atomic E-state index is 0.358. The van der Waals surface area contributed by atoms with E-state index in [1.54, 1.807) is 0 Å². The Kier molecular flexibility index (Phi) is 5.22. The highest BCUT2D eigenvalue weighted by molar-refractivity contribution is 5.52. The largest absolute Gasteiger partial charge is 0.377 e. The fraction of sp³-hybridized carbons (Fsp3) is 0.400. The predicted molar refractivity (Wildman–Crippen MR) is 102 cm³/mol. The molecular formula is C20H27N5. The van der Waals surface area contributed by atoms with Crippen molar-refractivity contribution in [1.82, 2.24) is 19.6 Å². The van der Waals surface area contributed by atoms with E-state index in [1.807, 2.05) is 12.4 Å². The average molecular weight is 337 g/mol. The van der Waals surface area contributed by atoms with E-state index in [1.165, 1.54) is 17.0 Å². The molecule has 3 aromatic rings. The van der Waals surface area contributed by atoms with Crippen LogP contribution in [0.3, 0.4) is 0 Å². The zero-order valence-electron chi connectivity index (χ0n) is 15.5. The molecule has 0 amide bonds. The minimum Gasteiger partial charge on any atom is -0.377 e. The lowest BCUT2D eigenvalue weighted by molar-refractivity contribution is 0.512. The first-order chi connectivity index (χ1) is 12.1. The van der Waals surface area contributed by atoms with E-state index in [-0.39, 0.29) is 0 Å². The third kappa shape index (κ3) is 3.60. The molecule has 0 atom stereocenters. The number of aromatic nitrogens is 4. The van der Waals surface area contributed by atoms with Crippen molar-refractivity contribution in [1.29, 1.82) is 0 Å². The van der Waals surface area contributed by atoms with E-state index in [9.17, 15) is 0 Å². The highest BCUT2D eigenvalue weighted by atomic mass is 15.3. The van der Waals surface area contributed by atoms with Crippen LogP contribution >= 0.6 is 0 Å². The van der Waals surface area contributed by atoms with Crippen LogP contribution in [0.25, 0.3) is 5.69 Å². The average Bonchev–Trinajstić information content (AvgIpc) is 3.21. The van der Waals surface area contributed by atoms with Crippen molar-refractivity contribution in [2.45, 2.75) is 53.1 Å². The van der Waals surface area contributed by atoms with Gasteiger partial charge in [-0.15, -0.1) is 0 Å². The fourth-order valence-electron chi connectivity index (χ4n) is 3.14. The van der Waals surface area contributed by atoms with E-state index >= 15 is 0 Å². The molecule has 0 unspecified atom stereocenters. The number of hydrogen-bond donors (Lipinski definition) is 1. The maximum Gasteiger partial charge on any atom is 0.0767 e. The first kappa shape index (κ1) is 17.3. The molecule has 132 valence electrons. The van der Waals surface area contributed by atoms with Gasteiger partial charge in [-0.25, -0.2) is 4.68 Å². The van der Waals surface area contributed by atoms with Crippen LogP contribution in [0, 0.1) is 6.92 Å². The Labute approximate surface area is 149 Å². The lowest BCUT2D eigenvalue weighted by Gasteiger charge is -2.14. The molecular weight excluding hydrogens is 310 g/mol. The first-order valence-electron chi connectivity index (χ1n) is 9.01. The summed E-state index contributed by atoms with van der Waals surface area (Å²) in [5, 5.41) is 12.6. The highest BCUT2D eigenvalue weighted by Crippen LogP contribution is 2.23. The van der Waals surface area contributed by atoms with Crippen molar-refractivity contribution in [2.75, 3.05) is 5.32 Å². The summed E-state index contributed by atoms with van der Waals surface area (Å²) in [6.07, 6.45) is 5.87. The summed E-state index contributed by atoms with van der Waals surface area (Å²) >= 11 is 0. The summed E-state index contributed by atoms with van der Waals surface area (Å²) in [6.45, 7) is 9.37. The van der Waals surface area contributed by atoms with Crippen LogP contribution in [0.5, 0.6) is 0 Å². The van der Waals surface area contributed by atoms with Gasteiger partial charge in [0.2, 0.25) is 0 Å². The second-order valence-corrected chi connectivity index (χ2v) is 6.67. The number of anilines is 1. The number of para-hydroxylation sites is 1. The molecule has 0 bridgehead atoms. The zero-order valence-corrected chi connectivity index (χ0v) is 15.5. The summed E-state index contributed by atoms with van der Waals surface area (Å²) < 4.78 is 4.12. The maximum atomic E-state index is 4.66. The molecule has 2 aromatic heterocycles. The number of aryl methyl sites for hydroxylation is 1. The van der Waals surface area contributed by atoms with Gasteiger partial charge in [-0.3, -0.25) is 4.68 Å². The molecule has 0 saturated heterocycles. The van der Waals surface area contributed by atoms with Crippen LogP contribution < -0.4 is 5.32 Å². The summed E-state index contributed by atoms with van der Waals surface area (Å²) in [7, 11) is 0. The van der Waals surface area contributed by atoms with Gasteiger partial charge in [-0.1, -0.05) is 31.5 Å². The Morgan fingerprint density at radius 1 is 1.12 bits per heavy atom. The quantitative estimate of drug-likeness (QED) is 0.689. The van der Waals surface area contributed by atoms with Crippen molar-refractivity contribution in [3.8, 4) is 5.69 Å². The SMILES string of the molecule is CCCc1c(NCc2ccnn2C(C)C)cnn1-c1ccccc1C. The van der Waals surface area contributed by atoms with Gasteiger partial charge in [0, 0.05) is 12.2 Å². The Morgan fingerprint density at radius 2 is 1.92 bits per heavy atom. The third-order valence-corrected chi connectivity index (χ3v) is 4.40. The van der Waals surface area contributed by atoms with Gasteiger partial charge in [0.25, 0.3) is 0 Å². The van der Waals surface area contributed by atoms with Crippen LogP contribution in [0.15, 0.2) is 42.7 Å². The maximum absolute atomic E-state index is 4.66. The molecule has 0 saturated carbocycles. The topological polar surface area (TPSA) is 47.7 Å². The van der Waals surface area contributed by atoms with Gasteiger partial charge in [0.1, 0.15) is 0 Å². The van der Waals surface area contributed by atoms with E-state index in [0.29, 0.717) is 6.04 Å². The van der Waals surface area contributed by atoms with Crippen LogP contribution in [-0.4, -0.2) is 19.6 Å². The Bertz CT molecular complexity index is 828. The molecule has 2 heterocycles. The normalized spacial score (nSPS) is 11.2. The van der Waals surface area contributed by atoms with Crippen LogP contribution in [0.1, 0.15) is 50.2 Å². The molecule has 0 aliphatic heterocycles. The minimum atomic E-state index is 0.358. The molecule has 0 aliphatic carbocycles. The summed E-state index contributed by atoms with van der Waals surface area (Å²) in [5.74, 6) is 0. The van der Waals surface area contributed by atoms with Gasteiger partial charge in [0.05, 0.1) is 35.5 Å². The lowest BCUT2D eigenvalue weighted by Crippen LogP contribution is -2.12. The summed E-state index contributed by atoms with van der Waals surface area (Å²) in [4.78, 5) is 0. The van der Waals surface area contributed by atoms with E-state index in [4.69, 9.17) is 0 Å². The number of benzene rings is 1. The van der Waals surface area contributed by atoms with Crippen molar-refractivity contribution < 1.29 is 0 Å². The summed E-state index contributed by atoms with van der Waals surface area (Å²) in [5.41, 5.74) is 5.88. The lowest BCUT2D eigenvalue weighted by atomic mass is 10.1. The monoisotopic (exact) mass is 337 g/mol. The third-order valence-electron chi connectivity index (χ3n) is 4.40. The van der Waals surface area contributed by atoms with Gasteiger partial charge < -0.3 is 5.32 Å². The molecule has 1 aromatic carbocycles. The van der Waals surface area contributed by atoms with Crippen molar-refractivity contribution >= 4 is 5.69 Å². The van der Waals surface area contributed by atoms with Crippen molar-refractivity contribution in [3.05, 3.63) is 59.7 Å². The number of nitrogens with one attached hydrogen (secondary N) is 1. The Hall–Kier alpha value is -2.56. The van der Waals surface area contributed by atoms with Crippen LogP contribution in [-0.2, 0) is 13.0 Å². The first-order valence-corrected chi connectivity index (χ1v) is 9.01. The van der Waals surface area contributed by atoms with E-state index in [0.717, 1.165) is 30.8 Å². The van der Waals surface area contributed by atoms with Gasteiger partial charge in [-0.2, -0.15) is 10.2 Å². The van der Waals surface area contributed by atoms with E-state index < -0.39 is 0 Å². The molecule has 0 aliphatic rings. The summed E-state index contributed by atoms with van der Waals surface area (Å²) in [6, 6.07) is 10.8. The smallest absolute Gasteiger partial charge is 0.0767 e. The molecule has 5 nitrogen and oxygen atoms in total. The Morgan fingerprint density at radius 3 is 2.64 bits per heavy atom. The van der Waals surface area contributed by atoms with Crippen molar-refractivity contribution in [3.63, 3.8) is 0 Å². The van der Waals surface area contributed by atoms with E-state index in [2.05, 4.69) is 82.9 Å².